The monoisotopic (exact) mass is 389 g/mol. The van der Waals surface area contributed by atoms with Gasteiger partial charge in [0.1, 0.15) is 11.4 Å². The average molecular weight is 389 g/mol. The summed E-state index contributed by atoms with van der Waals surface area (Å²) in [6.07, 6.45) is 5.93. The molecule has 2 aromatic carbocycles. The second-order valence-electron chi connectivity index (χ2n) is 7.68. The molecule has 1 aromatic heterocycles. The maximum absolute atomic E-state index is 12.7. The maximum Gasteiger partial charge on any atom is 0.206 e. The molecule has 0 aliphatic carbocycles. The van der Waals surface area contributed by atoms with Gasteiger partial charge in [0.15, 0.2) is 0 Å². The van der Waals surface area contributed by atoms with Crippen LogP contribution < -0.4 is 4.74 Å². The van der Waals surface area contributed by atoms with Crippen molar-refractivity contribution in [3.8, 4) is 5.75 Å². The van der Waals surface area contributed by atoms with E-state index in [-0.39, 0.29) is 5.78 Å². The zero-order valence-electron chi connectivity index (χ0n) is 17.0. The van der Waals surface area contributed by atoms with Gasteiger partial charge in [0.25, 0.3) is 0 Å². The van der Waals surface area contributed by atoms with Crippen LogP contribution in [0.1, 0.15) is 28.9 Å². The van der Waals surface area contributed by atoms with Gasteiger partial charge in [0, 0.05) is 19.0 Å². The van der Waals surface area contributed by atoms with Crippen molar-refractivity contribution in [3.05, 3.63) is 71.9 Å². The van der Waals surface area contributed by atoms with Crippen LogP contribution in [0.15, 0.2) is 60.7 Å². The first-order valence-corrected chi connectivity index (χ1v) is 10.1. The molecule has 0 spiro atoms. The second kappa shape index (κ2) is 8.62. The molecule has 29 heavy (non-hydrogen) atoms. The fraction of sp³-hybridized carbons (Fsp3) is 0.333. The summed E-state index contributed by atoms with van der Waals surface area (Å²) in [5.74, 6) is 1.33. The molecule has 4 rings (SSSR count). The number of rotatable bonds is 6. The molecule has 0 atom stereocenters. The third-order valence-corrected chi connectivity index (χ3v) is 5.68. The van der Waals surface area contributed by atoms with Crippen LogP contribution in [-0.4, -0.2) is 40.7 Å². The molecule has 150 valence electrons. The Hall–Kier alpha value is -2.92. The molecule has 0 unspecified atom stereocenters. The van der Waals surface area contributed by atoms with Crippen LogP contribution in [0.2, 0.25) is 0 Å². The predicted octanol–water partition coefficient (Wildman–Crippen LogP) is 4.23. The minimum atomic E-state index is -0.0133. The predicted molar refractivity (Wildman–Crippen MR) is 115 cm³/mol. The van der Waals surface area contributed by atoms with Crippen molar-refractivity contribution in [2.24, 2.45) is 13.0 Å². The Balaban J connectivity index is 1.34. The van der Waals surface area contributed by atoms with Crippen LogP contribution in [0, 0.1) is 5.92 Å². The van der Waals surface area contributed by atoms with Crippen LogP contribution >= 0.6 is 0 Å². The van der Waals surface area contributed by atoms with E-state index in [9.17, 15) is 4.79 Å². The lowest BCUT2D eigenvalue weighted by atomic mass is 9.95. The number of benzene rings is 2. The first-order chi connectivity index (χ1) is 14.1. The molecule has 2 heterocycles. The van der Waals surface area contributed by atoms with Crippen molar-refractivity contribution in [2.75, 3.05) is 20.2 Å². The number of likely N-dealkylation sites (tertiary alicyclic amines) is 1. The molecule has 0 saturated carbocycles. The number of methoxy groups -OCH3 is 1. The number of hydrogen-bond donors (Lipinski definition) is 0. The highest BCUT2D eigenvalue weighted by Crippen LogP contribution is 2.23. The number of aryl methyl sites for hydroxylation is 1. The summed E-state index contributed by atoms with van der Waals surface area (Å²) in [4.78, 5) is 15.2. The minimum Gasteiger partial charge on any atom is -0.497 e. The molecule has 5 nitrogen and oxygen atoms in total. The van der Waals surface area contributed by atoms with Gasteiger partial charge >= 0.3 is 0 Å². The number of carbonyl (C=O) groups is 1. The molecule has 5 heteroatoms. The molecular formula is C24H27N3O2. The molecule has 0 amide bonds. The lowest BCUT2D eigenvalue weighted by Gasteiger charge is -2.30. The molecule has 1 aliphatic heterocycles. The van der Waals surface area contributed by atoms with Gasteiger partial charge in [-0.15, -0.1) is 0 Å². The van der Waals surface area contributed by atoms with E-state index in [2.05, 4.69) is 28.2 Å². The maximum atomic E-state index is 12.7. The van der Waals surface area contributed by atoms with Crippen molar-refractivity contribution < 1.29 is 9.53 Å². The molecule has 1 aliphatic rings. The summed E-state index contributed by atoms with van der Waals surface area (Å²) >= 11 is 0. The Morgan fingerprint density at radius 3 is 2.76 bits per heavy atom. The van der Waals surface area contributed by atoms with Crippen LogP contribution in [-0.2, 0) is 13.6 Å². The SMILES string of the molecule is COc1cccc(CN2CCC(/C=C\C(=O)c3nn(C)c4ccccc34)CC2)c1. The smallest absolute Gasteiger partial charge is 0.206 e. The topological polar surface area (TPSA) is 47.4 Å². The van der Waals surface area contributed by atoms with Crippen LogP contribution in [0.5, 0.6) is 5.75 Å². The van der Waals surface area contributed by atoms with E-state index in [1.807, 2.05) is 43.4 Å². The molecule has 0 bridgehead atoms. The molecule has 3 aromatic rings. The number of ketones is 1. The number of piperidine rings is 1. The Kier molecular flexibility index (Phi) is 5.76. The normalized spacial score (nSPS) is 15.9. The number of fused-ring (bicyclic) bond motifs is 1. The number of aromatic nitrogens is 2. The summed E-state index contributed by atoms with van der Waals surface area (Å²) in [5.41, 5.74) is 2.79. The highest BCUT2D eigenvalue weighted by Gasteiger charge is 2.19. The third-order valence-electron chi connectivity index (χ3n) is 5.68. The quantitative estimate of drug-likeness (QED) is 0.467. The Bertz CT molecular complexity index is 1030. The number of allylic oxidation sites excluding steroid dienone is 2. The summed E-state index contributed by atoms with van der Waals surface area (Å²) in [6, 6.07) is 16.1. The number of hydrogen-bond acceptors (Lipinski definition) is 4. The summed E-state index contributed by atoms with van der Waals surface area (Å²) < 4.78 is 7.09. The highest BCUT2D eigenvalue weighted by molar-refractivity contribution is 6.11. The first-order valence-electron chi connectivity index (χ1n) is 10.1. The van der Waals surface area contributed by atoms with Crippen LogP contribution in [0.4, 0.5) is 0 Å². The Morgan fingerprint density at radius 1 is 1.17 bits per heavy atom. The molecule has 0 N–H and O–H groups in total. The van der Waals surface area contributed by atoms with Crippen molar-refractivity contribution >= 4 is 16.7 Å². The summed E-state index contributed by atoms with van der Waals surface area (Å²) in [6.45, 7) is 3.01. The van der Waals surface area contributed by atoms with Gasteiger partial charge in [-0.1, -0.05) is 36.4 Å². The van der Waals surface area contributed by atoms with Gasteiger partial charge in [-0.05, 0) is 61.7 Å². The fourth-order valence-electron chi connectivity index (χ4n) is 4.03. The van der Waals surface area contributed by atoms with E-state index < -0.39 is 0 Å². The lowest BCUT2D eigenvalue weighted by Crippen LogP contribution is -2.32. The van der Waals surface area contributed by atoms with Gasteiger partial charge in [-0.25, -0.2) is 0 Å². The summed E-state index contributed by atoms with van der Waals surface area (Å²) in [5, 5.41) is 5.34. The van der Waals surface area contributed by atoms with Crippen molar-refractivity contribution in [1.29, 1.82) is 0 Å². The van der Waals surface area contributed by atoms with E-state index >= 15 is 0 Å². The molecule has 1 fully saturated rings. The van der Waals surface area contributed by atoms with Gasteiger partial charge in [-0.3, -0.25) is 14.4 Å². The standard InChI is InChI=1S/C24H27N3O2/c1-26-22-9-4-3-8-21(22)24(25-26)23(28)11-10-18-12-14-27(15-13-18)17-19-6-5-7-20(16-19)29-2/h3-11,16,18H,12-15,17H2,1-2H3/b11-10-. The number of carbonyl (C=O) groups excluding carboxylic acids is 1. The van der Waals surface area contributed by atoms with Crippen molar-refractivity contribution in [1.82, 2.24) is 14.7 Å². The molecule has 1 saturated heterocycles. The number of ether oxygens (including phenoxy) is 1. The van der Waals surface area contributed by atoms with E-state index in [0.717, 1.165) is 49.1 Å². The van der Waals surface area contributed by atoms with Gasteiger partial charge in [-0.2, -0.15) is 5.10 Å². The van der Waals surface area contributed by atoms with Crippen LogP contribution in [0.25, 0.3) is 10.9 Å². The summed E-state index contributed by atoms with van der Waals surface area (Å²) in [7, 11) is 3.58. The number of nitrogens with zero attached hydrogens (tertiary/aromatic N) is 3. The minimum absolute atomic E-state index is 0.0133. The highest BCUT2D eigenvalue weighted by atomic mass is 16.5. The van der Waals surface area contributed by atoms with Crippen molar-refractivity contribution in [3.63, 3.8) is 0 Å². The fourth-order valence-corrected chi connectivity index (χ4v) is 4.03. The third kappa shape index (κ3) is 4.40. The van der Waals surface area contributed by atoms with Gasteiger partial charge < -0.3 is 4.74 Å². The molecule has 0 radical (unpaired) electrons. The van der Waals surface area contributed by atoms with Crippen molar-refractivity contribution in [2.45, 2.75) is 19.4 Å². The Labute approximate surface area is 171 Å². The van der Waals surface area contributed by atoms with E-state index in [0.29, 0.717) is 11.6 Å². The van der Waals surface area contributed by atoms with Crippen LogP contribution in [0.3, 0.4) is 0 Å². The number of para-hydroxylation sites is 1. The lowest BCUT2D eigenvalue weighted by molar-refractivity contribution is 0.104. The average Bonchev–Trinajstić information content (AvgIpc) is 3.10. The van der Waals surface area contributed by atoms with E-state index in [4.69, 9.17) is 4.74 Å². The van der Waals surface area contributed by atoms with Gasteiger partial charge in [0.05, 0.1) is 12.6 Å². The van der Waals surface area contributed by atoms with E-state index in [1.165, 1.54) is 5.56 Å². The largest absolute Gasteiger partial charge is 0.497 e. The molecular weight excluding hydrogens is 362 g/mol. The second-order valence-corrected chi connectivity index (χ2v) is 7.68. The zero-order valence-corrected chi connectivity index (χ0v) is 17.0. The van der Waals surface area contributed by atoms with E-state index in [1.54, 1.807) is 17.9 Å². The first kappa shape index (κ1) is 19.4. The Morgan fingerprint density at radius 2 is 1.97 bits per heavy atom. The zero-order chi connectivity index (χ0) is 20.2. The van der Waals surface area contributed by atoms with Gasteiger partial charge in [0.2, 0.25) is 5.78 Å².